The van der Waals surface area contributed by atoms with Crippen molar-refractivity contribution < 1.29 is 19.1 Å². The zero-order chi connectivity index (χ0) is 26.7. The van der Waals surface area contributed by atoms with Crippen molar-refractivity contribution in [1.82, 2.24) is 15.1 Å². The fourth-order valence-corrected chi connectivity index (χ4v) is 6.83. The van der Waals surface area contributed by atoms with Gasteiger partial charge in [0.15, 0.2) is 5.78 Å². The maximum absolute atomic E-state index is 14.0. The summed E-state index contributed by atoms with van der Waals surface area (Å²) in [6.45, 7) is 5.60. The van der Waals surface area contributed by atoms with Crippen LogP contribution in [-0.2, 0) is 14.3 Å². The van der Waals surface area contributed by atoms with E-state index in [1.807, 2.05) is 12.1 Å². The molecule has 4 aliphatic rings. The van der Waals surface area contributed by atoms with Gasteiger partial charge < -0.3 is 19.9 Å². The number of rotatable bonds is 7. The summed E-state index contributed by atoms with van der Waals surface area (Å²) in [4.78, 5) is 47.0. The molecule has 5 rings (SSSR count). The van der Waals surface area contributed by atoms with E-state index in [2.05, 4.69) is 39.3 Å². The standard InChI is InChI=1S/C28H38N6O4/c1-2-14-33-15-10-20(11-16-33)19-6-8-21(9-7-19)26(36)30-28(12-4-3-5-13-28)27(37)34-17-22(31-32-29)25-24(34)23(35)18-38-25/h6-9,20,22,24-25H,2-5,10-18H2,1H3,(H,30,36)/t22-,24+,25+/m0/s1. The van der Waals surface area contributed by atoms with Crippen LogP contribution in [0.1, 0.15) is 80.1 Å². The number of Topliss-reactive ketones (excluding diaryl/α,β-unsaturated/α-hetero) is 1. The number of carbonyl (C=O) groups excluding carboxylic acids is 3. The second-order valence-corrected chi connectivity index (χ2v) is 11.3. The summed E-state index contributed by atoms with van der Waals surface area (Å²) in [5.74, 6) is -0.233. The van der Waals surface area contributed by atoms with Gasteiger partial charge in [0.05, 0.1) is 12.1 Å². The maximum Gasteiger partial charge on any atom is 0.252 e. The van der Waals surface area contributed by atoms with E-state index in [1.54, 1.807) is 0 Å². The quantitative estimate of drug-likeness (QED) is 0.333. The third kappa shape index (κ3) is 5.17. The maximum atomic E-state index is 14.0. The van der Waals surface area contributed by atoms with Gasteiger partial charge in [-0.1, -0.05) is 43.4 Å². The highest BCUT2D eigenvalue weighted by molar-refractivity contribution is 6.01. The average molecular weight is 523 g/mol. The first-order valence-corrected chi connectivity index (χ1v) is 14.1. The molecule has 0 radical (unpaired) electrons. The molecule has 2 amide bonds. The van der Waals surface area contributed by atoms with Crippen molar-refractivity contribution in [2.45, 2.75) is 87.9 Å². The van der Waals surface area contributed by atoms with E-state index in [1.165, 1.54) is 16.9 Å². The lowest BCUT2D eigenvalue weighted by Crippen LogP contribution is -2.62. The summed E-state index contributed by atoms with van der Waals surface area (Å²) in [5.41, 5.74) is 9.68. The van der Waals surface area contributed by atoms with Gasteiger partial charge >= 0.3 is 0 Å². The third-order valence-corrected chi connectivity index (χ3v) is 8.86. The molecule has 0 spiro atoms. The predicted octanol–water partition coefficient (Wildman–Crippen LogP) is 3.57. The molecule has 0 aromatic heterocycles. The van der Waals surface area contributed by atoms with Gasteiger partial charge in [0.25, 0.3) is 5.91 Å². The number of carbonyl (C=O) groups is 3. The summed E-state index contributed by atoms with van der Waals surface area (Å²) in [6, 6.07) is 6.45. The third-order valence-electron chi connectivity index (χ3n) is 8.86. The molecule has 38 heavy (non-hydrogen) atoms. The molecule has 0 unspecified atom stereocenters. The Kier molecular flexibility index (Phi) is 8.02. The molecule has 3 heterocycles. The van der Waals surface area contributed by atoms with Gasteiger partial charge in [0.2, 0.25) is 5.91 Å². The Balaban J connectivity index is 1.30. The molecule has 3 atom stereocenters. The van der Waals surface area contributed by atoms with Crippen molar-refractivity contribution in [3.05, 3.63) is 45.8 Å². The number of benzene rings is 1. The van der Waals surface area contributed by atoms with Gasteiger partial charge in [-0.3, -0.25) is 14.4 Å². The summed E-state index contributed by atoms with van der Waals surface area (Å²) in [6.07, 6.45) is 6.45. The van der Waals surface area contributed by atoms with E-state index in [9.17, 15) is 14.4 Å². The highest BCUT2D eigenvalue weighted by Crippen LogP contribution is 2.36. The van der Waals surface area contributed by atoms with Crippen LogP contribution in [-0.4, -0.2) is 83.9 Å². The van der Waals surface area contributed by atoms with Crippen LogP contribution in [0.3, 0.4) is 0 Å². The van der Waals surface area contributed by atoms with E-state index < -0.39 is 23.7 Å². The summed E-state index contributed by atoms with van der Waals surface area (Å²) < 4.78 is 5.59. The van der Waals surface area contributed by atoms with Crippen molar-refractivity contribution in [1.29, 1.82) is 0 Å². The first kappa shape index (κ1) is 26.7. The minimum absolute atomic E-state index is 0.0973. The van der Waals surface area contributed by atoms with Crippen LogP contribution in [0.25, 0.3) is 10.4 Å². The lowest BCUT2D eigenvalue weighted by Gasteiger charge is -2.40. The SMILES string of the molecule is CCCN1CCC(c2ccc(C(=O)NC3(C(=O)N4C[C@H](N=[N+]=[N-])[C@H]5OCC(=O)[C@H]54)CCCCC3)cc2)CC1. The smallest absolute Gasteiger partial charge is 0.252 e. The second kappa shape index (κ2) is 11.4. The fourth-order valence-electron chi connectivity index (χ4n) is 6.83. The molecule has 10 heteroatoms. The number of fused-ring (bicyclic) bond motifs is 1. The number of hydrogen-bond acceptors (Lipinski definition) is 6. The number of ether oxygens (including phenoxy) is 1. The number of nitrogens with one attached hydrogen (secondary N) is 1. The molecule has 1 aromatic rings. The van der Waals surface area contributed by atoms with Crippen LogP contribution >= 0.6 is 0 Å². The summed E-state index contributed by atoms with van der Waals surface area (Å²) in [7, 11) is 0. The first-order valence-electron chi connectivity index (χ1n) is 14.1. The van der Waals surface area contributed by atoms with Crippen molar-refractivity contribution in [3.63, 3.8) is 0 Å². The molecule has 1 N–H and O–H groups in total. The number of piperidine rings is 1. The number of likely N-dealkylation sites (tertiary alicyclic amines) is 2. The van der Waals surface area contributed by atoms with Crippen LogP contribution < -0.4 is 5.32 Å². The van der Waals surface area contributed by atoms with Crippen molar-refractivity contribution in [2.24, 2.45) is 5.11 Å². The molecule has 204 valence electrons. The lowest BCUT2D eigenvalue weighted by atomic mass is 9.80. The zero-order valence-electron chi connectivity index (χ0n) is 22.2. The molecule has 0 bridgehead atoms. The zero-order valence-corrected chi connectivity index (χ0v) is 22.2. The largest absolute Gasteiger partial charge is 0.367 e. The van der Waals surface area contributed by atoms with E-state index in [0.29, 0.717) is 24.3 Å². The molecular formula is C28H38N6O4. The van der Waals surface area contributed by atoms with Gasteiger partial charge in [-0.25, -0.2) is 0 Å². The Morgan fingerprint density at radius 1 is 1.16 bits per heavy atom. The molecule has 4 fully saturated rings. The van der Waals surface area contributed by atoms with Gasteiger partial charge in [-0.15, -0.1) is 0 Å². The van der Waals surface area contributed by atoms with Crippen LogP contribution in [0.4, 0.5) is 0 Å². The van der Waals surface area contributed by atoms with Crippen LogP contribution in [0, 0.1) is 0 Å². The Morgan fingerprint density at radius 3 is 2.53 bits per heavy atom. The summed E-state index contributed by atoms with van der Waals surface area (Å²) in [5, 5.41) is 6.88. The number of azide groups is 1. The van der Waals surface area contributed by atoms with Crippen LogP contribution in [0.15, 0.2) is 29.4 Å². The minimum atomic E-state index is -1.08. The Hall–Kier alpha value is -2.94. The normalized spacial score (nSPS) is 27.6. The topological polar surface area (TPSA) is 128 Å². The van der Waals surface area contributed by atoms with E-state index in [4.69, 9.17) is 10.3 Å². The first-order chi connectivity index (χ1) is 18.5. The number of amides is 2. The van der Waals surface area contributed by atoms with Gasteiger partial charge in [0, 0.05) is 17.0 Å². The fraction of sp³-hybridized carbons (Fsp3) is 0.679. The number of nitrogens with zero attached hydrogens (tertiary/aromatic N) is 5. The van der Waals surface area contributed by atoms with Gasteiger partial charge in [-0.05, 0) is 80.9 Å². The molecular weight excluding hydrogens is 484 g/mol. The second-order valence-electron chi connectivity index (χ2n) is 11.3. The average Bonchev–Trinajstić information content (AvgIpc) is 3.50. The lowest BCUT2D eigenvalue weighted by molar-refractivity contribution is -0.143. The van der Waals surface area contributed by atoms with E-state index in [-0.39, 0.29) is 30.7 Å². The molecule has 1 saturated carbocycles. The molecule has 1 aromatic carbocycles. The Morgan fingerprint density at radius 2 is 1.87 bits per heavy atom. The summed E-state index contributed by atoms with van der Waals surface area (Å²) >= 11 is 0. The Bertz CT molecular complexity index is 1090. The predicted molar refractivity (Wildman–Crippen MR) is 142 cm³/mol. The Labute approximate surface area is 223 Å². The highest BCUT2D eigenvalue weighted by atomic mass is 16.5. The van der Waals surface area contributed by atoms with E-state index in [0.717, 1.165) is 51.7 Å². The highest BCUT2D eigenvalue weighted by Gasteiger charge is 2.56. The minimum Gasteiger partial charge on any atom is -0.367 e. The van der Waals surface area contributed by atoms with Crippen molar-refractivity contribution in [3.8, 4) is 0 Å². The van der Waals surface area contributed by atoms with E-state index >= 15 is 0 Å². The molecule has 10 nitrogen and oxygen atoms in total. The van der Waals surface area contributed by atoms with Gasteiger partial charge in [-0.2, -0.15) is 0 Å². The number of hydrogen-bond donors (Lipinski definition) is 1. The van der Waals surface area contributed by atoms with Gasteiger partial charge in [0.1, 0.15) is 18.2 Å². The number of ketones is 1. The monoisotopic (exact) mass is 522 g/mol. The molecule has 3 aliphatic heterocycles. The van der Waals surface area contributed by atoms with Crippen LogP contribution in [0.2, 0.25) is 0 Å². The van der Waals surface area contributed by atoms with Crippen molar-refractivity contribution >= 4 is 17.6 Å². The molecule has 3 saturated heterocycles. The van der Waals surface area contributed by atoms with Crippen molar-refractivity contribution in [2.75, 3.05) is 32.8 Å². The molecule has 1 aliphatic carbocycles. The van der Waals surface area contributed by atoms with Crippen LogP contribution in [0.5, 0.6) is 0 Å².